The molecule has 0 amide bonds. The van der Waals surface area contributed by atoms with Gasteiger partial charge in [0, 0.05) is 31.1 Å². The molecule has 2 heterocycles. The van der Waals surface area contributed by atoms with E-state index in [0.29, 0.717) is 5.92 Å². The maximum atomic E-state index is 5.80. The van der Waals surface area contributed by atoms with Gasteiger partial charge in [0.05, 0.1) is 12.6 Å². The van der Waals surface area contributed by atoms with Crippen LogP contribution >= 0.6 is 0 Å². The van der Waals surface area contributed by atoms with Gasteiger partial charge < -0.3 is 15.5 Å². The third kappa shape index (κ3) is 2.80. The first-order valence-electron chi connectivity index (χ1n) is 7.64. The van der Waals surface area contributed by atoms with Gasteiger partial charge in [-0.1, -0.05) is 25.5 Å². The highest BCUT2D eigenvalue weighted by molar-refractivity contribution is 5.89. The van der Waals surface area contributed by atoms with Crippen molar-refractivity contribution in [3.63, 3.8) is 0 Å². The van der Waals surface area contributed by atoms with E-state index in [2.05, 4.69) is 41.0 Å². The number of nitrogens with one attached hydrogen (secondary N) is 2. The molecule has 0 radical (unpaired) electrons. The summed E-state index contributed by atoms with van der Waals surface area (Å²) in [6, 6.07) is 8.71. The minimum atomic E-state index is 0.285. The average molecular weight is 273 g/mol. The number of unbranched alkanes of at least 4 members (excludes halogenated alkanes) is 1. The summed E-state index contributed by atoms with van der Waals surface area (Å²) in [6.07, 6.45) is 3.32. The molecule has 2 aliphatic heterocycles. The van der Waals surface area contributed by atoms with Crippen molar-refractivity contribution in [2.75, 3.05) is 19.7 Å². The van der Waals surface area contributed by atoms with Crippen LogP contribution in [-0.2, 0) is 0 Å². The molecule has 0 spiro atoms. The SMILES string of the molecule is CCCCOc1cccc(C2NN=C3CCNCC32)c1. The Bertz CT molecular complexity index is 486. The van der Waals surface area contributed by atoms with Crippen molar-refractivity contribution in [2.45, 2.75) is 32.2 Å². The average Bonchev–Trinajstić information content (AvgIpc) is 2.92. The van der Waals surface area contributed by atoms with Crippen LogP contribution in [0.3, 0.4) is 0 Å². The Kier molecular flexibility index (Phi) is 4.21. The fraction of sp³-hybridized carbons (Fsp3) is 0.562. The number of hydrazone groups is 1. The Balaban J connectivity index is 1.69. The van der Waals surface area contributed by atoms with Crippen LogP contribution in [-0.4, -0.2) is 25.4 Å². The van der Waals surface area contributed by atoms with Crippen molar-refractivity contribution in [1.29, 1.82) is 0 Å². The summed E-state index contributed by atoms with van der Waals surface area (Å²) in [5.74, 6) is 1.45. The van der Waals surface area contributed by atoms with Crippen LogP contribution in [0.1, 0.15) is 37.8 Å². The summed E-state index contributed by atoms with van der Waals surface area (Å²) in [7, 11) is 0. The van der Waals surface area contributed by atoms with E-state index in [1.165, 1.54) is 11.3 Å². The van der Waals surface area contributed by atoms with Gasteiger partial charge in [0.15, 0.2) is 0 Å². The van der Waals surface area contributed by atoms with E-state index in [9.17, 15) is 0 Å². The van der Waals surface area contributed by atoms with Gasteiger partial charge in [0.25, 0.3) is 0 Å². The number of benzene rings is 1. The topological polar surface area (TPSA) is 45.6 Å². The van der Waals surface area contributed by atoms with Crippen LogP contribution in [0.2, 0.25) is 0 Å². The lowest BCUT2D eigenvalue weighted by Crippen LogP contribution is -2.38. The fourth-order valence-corrected chi connectivity index (χ4v) is 2.91. The predicted octanol–water partition coefficient (Wildman–Crippen LogP) is 2.48. The molecule has 0 saturated carbocycles. The number of rotatable bonds is 5. The van der Waals surface area contributed by atoms with Crippen molar-refractivity contribution >= 4 is 5.71 Å². The zero-order valence-corrected chi connectivity index (χ0v) is 12.1. The van der Waals surface area contributed by atoms with Crippen molar-refractivity contribution in [2.24, 2.45) is 11.0 Å². The van der Waals surface area contributed by atoms with Crippen molar-refractivity contribution < 1.29 is 4.74 Å². The molecule has 1 aromatic carbocycles. The second kappa shape index (κ2) is 6.27. The molecule has 1 saturated heterocycles. The first-order valence-corrected chi connectivity index (χ1v) is 7.64. The molecule has 4 heteroatoms. The van der Waals surface area contributed by atoms with Crippen LogP contribution in [0, 0.1) is 5.92 Å². The van der Waals surface area contributed by atoms with Crippen LogP contribution in [0.5, 0.6) is 5.75 Å². The smallest absolute Gasteiger partial charge is 0.119 e. The quantitative estimate of drug-likeness (QED) is 0.810. The molecule has 0 aliphatic carbocycles. The van der Waals surface area contributed by atoms with E-state index < -0.39 is 0 Å². The first-order chi connectivity index (χ1) is 9.88. The lowest BCUT2D eigenvalue weighted by molar-refractivity contribution is 0.308. The van der Waals surface area contributed by atoms with Gasteiger partial charge in [0.1, 0.15) is 5.75 Å². The van der Waals surface area contributed by atoms with Gasteiger partial charge in [0.2, 0.25) is 0 Å². The van der Waals surface area contributed by atoms with E-state index in [1.54, 1.807) is 0 Å². The fourth-order valence-electron chi connectivity index (χ4n) is 2.91. The molecule has 0 bridgehead atoms. The molecule has 3 rings (SSSR count). The molecule has 1 aromatic rings. The van der Waals surface area contributed by atoms with Gasteiger partial charge in [-0.15, -0.1) is 0 Å². The predicted molar refractivity (Wildman–Crippen MR) is 81.1 cm³/mol. The molecule has 20 heavy (non-hydrogen) atoms. The number of nitrogens with zero attached hydrogens (tertiary/aromatic N) is 1. The highest BCUT2D eigenvalue weighted by atomic mass is 16.5. The first kappa shape index (κ1) is 13.4. The number of ether oxygens (including phenoxy) is 1. The summed E-state index contributed by atoms with van der Waals surface area (Å²) < 4.78 is 5.80. The van der Waals surface area contributed by atoms with Crippen LogP contribution in [0.25, 0.3) is 0 Å². The summed E-state index contributed by atoms with van der Waals surface area (Å²) in [5, 5.41) is 7.97. The van der Waals surface area contributed by atoms with Gasteiger partial charge in [-0.2, -0.15) is 5.10 Å². The second-order valence-electron chi connectivity index (χ2n) is 5.55. The van der Waals surface area contributed by atoms with Gasteiger partial charge in [-0.25, -0.2) is 0 Å². The molecule has 2 aliphatic rings. The molecule has 1 fully saturated rings. The molecule has 2 N–H and O–H groups in total. The minimum Gasteiger partial charge on any atom is -0.494 e. The second-order valence-corrected chi connectivity index (χ2v) is 5.55. The van der Waals surface area contributed by atoms with Crippen LogP contribution in [0.4, 0.5) is 0 Å². The van der Waals surface area contributed by atoms with E-state index in [1.807, 2.05) is 6.07 Å². The maximum Gasteiger partial charge on any atom is 0.119 e. The molecule has 2 atom stereocenters. The number of hydrogen-bond donors (Lipinski definition) is 2. The van der Waals surface area contributed by atoms with Crippen molar-refractivity contribution in [3.05, 3.63) is 29.8 Å². The molecule has 4 nitrogen and oxygen atoms in total. The van der Waals surface area contributed by atoms with Crippen molar-refractivity contribution in [1.82, 2.24) is 10.7 Å². The Hall–Kier alpha value is -1.55. The largest absolute Gasteiger partial charge is 0.494 e. The lowest BCUT2D eigenvalue weighted by atomic mass is 9.87. The number of piperidine rings is 1. The van der Waals surface area contributed by atoms with E-state index >= 15 is 0 Å². The summed E-state index contributed by atoms with van der Waals surface area (Å²) in [4.78, 5) is 0. The van der Waals surface area contributed by atoms with Gasteiger partial charge in [-0.3, -0.25) is 0 Å². The third-order valence-corrected chi connectivity index (χ3v) is 4.08. The van der Waals surface area contributed by atoms with E-state index in [-0.39, 0.29) is 6.04 Å². The third-order valence-electron chi connectivity index (χ3n) is 4.08. The standard InChI is InChI=1S/C16H23N3O/c1-2-3-9-20-13-6-4-5-12(10-13)16-14-11-17-8-7-15(14)18-19-16/h4-6,10,14,16-17,19H,2-3,7-9,11H2,1H3. The molecular formula is C16H23N3O. The number of hydrogen-bond acceptors (Lipinski definition) is 4. The number of fused-ring (bicyclic) bond motifs is 1. The van der Waals surface area contributed by atoms with E-state index in [4.69, 9.17) is 4.74 Å². The maximum absolute atomic E-state index is 5.80. The summed E-state index contributed by atoms with van der Waals surface area (Å²) >= 11 is 0. The van der Waals surface area contributed by atoms with E-state index in [0.717, 1.165) is 44.7 Å². The Morgan fingerprint density at radius 3 is 3.25 bits per heavy atom. The van der Waals surface area contributed by atoms with Gasteiger partial charge >= 0.3 is 0 Å². The highest BCUT2D eigenvalue weighted by Gasteiger charge is 2.34. The molecule has 2 unspecified atom stereocenters. The lowest BCUT2D eigenvalue weighted by Gasteiger charge is -2.25. The summed E-state index contributed by atoms with van der Waals surface area (Å²) in [6.45, 7) is 5.03. The highest BCUT2D eigenvalue weighted by Crippen LogP contribution is 2.31. The molecule has 108 valence electrons. The van der Waals surface area contributed by atoms with Gasteiger partial charge in [-0.05, 0) is 24.1 Å². The van der Waals surface area contributed by atoms with Crippen LogP contribution in [0.15, 0.2) is 29.4 Å². The molecular weight excluding hydrogens is 250 g/mol. The Morgan fingerprint density at radius 1 is 1.40 bits per heavy atom. The normalized spacial score (nSPS) is 24.8. The zero-order chi connectivity index (χ0) is 13.8. The monoisotopic (exact) mass is 273 g/mol. The van der Waals surface area contributed by atoms with Crippen molar-refractivity contribution in [3.8, 4) is 5.75 Å². The summed E-state index contributed by atoms with van der Waals surface area (Å²) in [5.41, 5.74) is 5.88. The minimum absolute atomic E-state index is 0.285. The Morgan fingerprint density at radius 2 is 2.35 bits per heavy atom. The van der Waals surface area contributed by atoms with Crippen LogP contribution < -0.4 is 15.5 Å². The Labute approximate surface area is 120 Å². The molecule has 0 aromatic heterocycles. The zero-order valence-electron chi connectivity index (χ0n) is 12.1.